The van der Waals surface area contributed by atoms with E-state index in [4.69, 9.17) is 0 Å². The molecule has 0 fully saturated rings. The Kier molecular flexibility index (Phi) is 5.19. The zero-order valence-corrected chi connectivity index (χ0v) is 12.7. The van der Waals surface area contributed by atoms with Crippen molar-refractivity contribution in [3.05, 3.63) is 42.0 Å². The SMILES string of the molecule is C=Cc1ccc(C(CC(C)C)C(C)(C)CC)cc1. The van der Waals surface area contributed by atoms with Crippen LogP contribution in [0, 0.1) is 11.3 Å². The predicted molar refractivity (Wildman–Crippen MR) is 82.8 cm³/mol. The van der Waals surface area contributed by atoms with Gasteiger partial charge in [-0.3, -0.25) is 0 Å². The van der Waals surface area contributed by atoms with Crippen molar-refractivity contribution in [3.8, 4) is 0 Å². The Balaban J connectivity index is 3.04. The van der Waals surface area contributed by atoms with Gasteiger partial charge in [0.15, 0.2) is 0 Å². The number of benzene rings is 1. The fourth-order valence-corrected chi connectivity index (χ4v) is 2.49. The second kappa shape index (κ2) is 6.22. The van der Waals surface area contributed by atoms with Gasteiger partial charge in [-0.1, -0.05) is 78.0 Å². The van der Waals surface area contributed by atoms with Gasteiger partial charge in [0.05, 0.1) is 0 Å². The lowest BCUT2D eigenvalue weighted by Crippen LogP contribution is -2.23. The minimum atomic E-state index is 0.361. The largest absolute Gasteiger partial charge is 0.0985 e. The Bertz CT molecular complexity index is 368. The summed E-state index contributed by atoms with van der Waals surface area (Å²) in [6, 6.07) is 8.92. The first-order chi connectivity index (χ1) is 8.40. The van der Waals surface area contributed by atoms with Crippen LogP contribution in [0.3, 0.4) is 0 Å². The van der Waals surface area contributed by atoms with Gasteiger partial charge < -0.3 is 0 Å². The Hall–Kier alpha value is -1.04. The van der Waals surface area contributed by atoms with E-state index in [1.54, 1.807) is 0 Å². The maximum atomic E-state index is 3.82. The van der Waals surface area contributed by atoms with Crippen molar-refractivity contribution in [2.45, 2.75) is 53.4 Å². The lowest BCUT2D eigenvalue weighted by atomic mass is 9.70. The summed E-state index contributed by atoms with van der Waals surface area (Å²) in [5.74, 6) is 1.38. The van der Waals surface area contributed by atoms with Crippen LogP contribution in [-0.4, -0.2) is 0 Å². The molecule has 100 valence electrons. The molecule has 1 unspecified atom stereocenters. The lowest BCUT2D eigenvalue weighted by Gasteiger charge is -2.35. The molecule has 0 aromatic heterocycles. The zero-order valence-electron chi connectivity index (χ0n) is 12.7. The Morgan fingerprint density at radius 3 is 2.11 bits per heavy atom. The van der Waals surface area contributed by atoms with E-state index in [0.717, 1.165) is 5.92 Å². The molecule has 0 nitrogen and oxygen atoms in total. The summed E-state index contributed by atoms with van der Waals surface area (Å²) in [5, 5.41) is 0. The fraction of sp³-hybridized carbons (Fsp3) is 0.556. The van der Waals surface area contributed by atoms with Gasteiger partial charge in [0.25, 0.3) is 0 Å². The molecule has 1 aromatic rings. The molecule has 0 aliphatic carbocycles. The summed E-state index contributed by atoms with van der Waals surface area (Å²) in [6.07, 6.45) is 4.38. The van der Waals surface area contributed by atoms with E-state index in [-0.39, 0.29) is 0 Å². The molecule has 0 aliphatic rings. The summed E-state index contributed by atoms with van der Waals surface area (Å²) in [7, 11) is 0. The molecule has 0 heteroatoms. The Labute approximate surface area is 113 Å². The molecule has 1 rings (SSSR count). The first-order valence-corrected chi connectivity index (χ1v) is 7.13. The third kappa shape index (κ3) is 3.73. The highest BCUT2D eigenvalue weighted by atomic mass is 14.3. The van der Waals surface area contributed by atoms with E-state index >= 15 is 0 Å². The number of hydrogen-bond donors (Lipinski definition) is 0. The summed E-state index contributed by atoms with van der Waals surface area (Å²) < 4.78 is 0. The summed E-state index contributed by atoms with van der Waals surface area (Å²) in [5.41, 5.74) is 3.04. The van der Waals surface area contributed by atoms with Crippen molar-refractivity contribution in [2.24, 2.45) is 11.3 Å². The molecular formula is C18H28. The van der Waals surface area contributed by atoms with Crippen LogP contribution in [0.25, 0.3) is 6.08 Å². The summed E-state index contributed by atoms with van der Waals surface area (Å²) in [6.45, 7) is 15.5. The molecule has 1 atom stereocenters. The fourth-order valence-electron chi connectivity index (χ4n) is 2.49. The first kappa shape index (κ1) is 15.0. The molecule has 0 amide bonds. The van der Waals surface area contributed by atoms with Gasteiger partial charge in [0.2, 0.25) is 0 Å². The van der Waals surface area contributed by atoms with Crippen LogP contribution in [-0.2, 0) is 0 Å². The van der Waals surface area contributed by atoms with E-state index in [0.29, 0.717) is 11.3 Å². The average molecular weight is 244 g/mol. The van der Waals surface area contributed by atoms with Crippen molar-refractivity contribution in [3.63, 3.8) is 0 Å². The van der Waals surface area contributed by atoms with Crippen LogP contribution in [0.5, 0.6) is 0 Å². The molecule has 0 heterocycles. The molecule has 0 saturated carbocycles. The summed E-state index contributed by atoms with van der Waals surface area (Å²) in [4.78, 5) is 0. The first-order valence-electron chi connectivity index (χ1n) is 7.13. The molecule has 18 heavy (non-hydrogen) atoms. The third-order valence-corrected chi connectivity index (χ3v) is 4.14. The Morgan fingerprint density at radius 1 is 1.17 bits per heavy atom. The molecule has 0 N–H and O–H groups in total. The second-order valence-corrected chi connectivity index (χ2v) is 6.40. The number of hydrogen-bond acceptors (Lipinski definition) is 0. The average Bonchev–Trinajstić information content (AvgIpc) is 2.36. The van der Waals surface area contributed by atoms with Crippen molar-refractivity contribution >= 4 is 6.08 Å². The summed E-state index contributed by atoms with van der Waals surface area (Å²) >= 11 is 0. The monoisotopic (exact) mass is 244 g/mol. The number of rotatable bonds is 6. The van der Waals surface area contributed by atoms with Crippen molar-refractivity contribution in [1.29, 1.82) is 0 Å². The molecule has 0 aliphatic heterocycles. The maximum absolute atomic E-state index is 3.82. The molecule has 0 radical (unpaired) electrons. The van der Waals surface area contributed by atoms with Crippen molar-refractivity contribution < 1.29 is 0 Å². The quantitative estimate of drug-likeness (QED) is 0.585. The maximum Gasteiger partial charge on any atom is -0.0108 e. The Morgan fingerprint density at radius 2 is 1.72 bits per heavy atom. The molecule has 0 spiro atoms. The lowest BCUT2D eigenvalue weighted by molar-refractivity contribution is 0.242. The minimum Gasteiger partial charge on any atom is -0.0985 e. The predicted octanol–water partition coefficient (Wildman–Crippen LogP) is 5.90. The van der Waals surface area contributed by atoms with Gasteiger partial charge in [-0.2, -0.15) is 0 Å². The molecule has 1 aromatic carbocycles. The highest BCUT2D eigenvalue weighted by Crippen LogP contribution is 2.42. The van der Waals surface area contributed by atoms with Crippen LogP contribution in [0.1, 0.15) is 64.5 Å². The van der Waals surface area contributed by atoms with E-state index in [1.807, 2.05) is 6.08 Å². The van der Waals surface area contributed by atoms with Gasteiger partial charge in [-0.05, 0) is 34.8 Å². The van der Waals surface area contributed by atoms with Crippen molar-refractivity contribution in [1.82, 2.24) is 0 Å². The van der Waals surface area contributed by atoms with Crippen LogP contribution >= 0.6 is 0 Å². The normalized spacial score (nSPS) is 13.7. The smallest absolute Gasteiger partial charge is 0.0108 e. The van der Waals surface area contributed by atoms with Gasteiger partial charge >= 0.3 is 0 Å². The van der Waals surface area contributed by atoms with Crippen LogP contribution in [0.4, 0.5) is 0 Å². The second-order valence-electron chi connectivity index (χ2n) is 6.40. The topological polar surface area (TPSA) is 0 Å². The van der Waals surface area contributed by atoms with Crippen LogP contribution < -0.4 is 0 Å². The van der Waals surface area contributed by atoms with Crippen molar-refractivity contribution in [2.75, 3.05) is 0 Å². The highest BCUT2D eigenvalue weighted by molar-refractivity contribution is 5.47. The van der Waals surface area contributed by atoms with E-state index in [9.17, 15) is 0 Å². The van der Waals surface area contributed by atoms with Gasteiger partial charge in [0.1, 0.15) is 0 Å². The standard InChI is InChI=1S/C18H28/c1-7-15-9-11-16(12-10-15)17(13-14(3)4)18(5,6)8-2/h7,9-12,14,17H,1,8,13H2,2-6H3. The third-order valence-electron chi connectivity index (χ3n) is 4.14. The van der Waals surface area contributed by atoms with Gasteiger partial charge in [0, 0.05) is 0 Å². The van der Waals surface area contributed by atoms with Gasteiger partial charge in [-0.25, -0.2) is 0 Å². The van der Waals surface area contributed by atoms with Crippen LogP contribution in [0.15, 0.2) is 30.8 Å². The highest BCUT2D eigenvalue weighted by Gasteiger charge is 2.29. The van der Waals surface area contributed by atoms with Crippen LogP contribution in [0.2, 0.25) is 0 Å². The molecule has 0 bridgehead atoms. The van der Waals surface area contributed by atoms with E-state index in [2.05, 4.69) is 65.5 Å². The van der Waals surface area contributed by atoms with E-state index in [1.165, 1.54) is 24.0 Å². The van der Waals surface area contributed by atoms with Gasteiger partial charge in [-0.15, -0.1) is 0 Å². The minimum absolute atomic E-state index is 0.361. The molecule has 0 saturated heterocycles. The molecular weight excluding hydrogens is 216 g/mol. The van der Waals surface area contributed by atoms with E-state index < -0.39 is 0 Å². The zero-order chi connectivity index (χ0) is 13.8.